The molecule has 6 aliphatic rings. The number of pyridine rings is 11. The summed E-state index contributed by atoms with van der Waals surface area (Å²) in [6, 6.07) is 37.6. The summed E-state index contributed by atoms with van der Waals surface area (Å²) in [6.45, 7) is 29.9. The number of benzene rings is 1. The molecule has 0 saturated carbocycles. The topological polar surface area (TPSA) is 154 Å². The monoisotopic (exact) mass is 1250 g/mol. The highest BCUT2D eigenvalue weighted by Crippen LogP contribution is 2.64. The SMILES string of the molecule is CCC=NC1=C(c2c(-c3cnc4c(c3)C(C)(C)c3cccnc3-4)c(-c3cnc4c(c3)C(C)(C)c3cccnc3-4)c(-c3cnc4c(c3)C(C)(C)c3cccnc3-4)c(-c3cnc4c(c3)C(C)(C)c3cccnc3-4)c2-c2cnc3c(c2)C(C)(C)c2cccnc2-3)C(C)(C)c2cccnc21. The van der Waals surface area contributed by atoms with Gasteiger partial charge in [0.05, 0.1) is 68.3 Å². The highest BCUT2D eigenvalue weighted by Gasteiger charge is 2.48. The highest BCUT2D eigenvalue weighted by atomic mass is 14.9. The Morgan fingerprint density at radius 3 is 0.740 bits per heavy atom. The van der Waals surface area contributed by atoms with Crippen LogP contribution in [0.15, 0.2) is 176 Å². The Bertz CT molecular complexity index is 5310. The van der Waals surface area contributed by atoms with E-state index in [-0.39, 0.29) is 0 Å². The van der Waals surface area contributed by atoms with E-state index >= 15 is 0 Å². The number of nitrogens with zero attached hydrogens (tertiary/aromatic N) is 12. The molecule has 0 atom stereocenters. The van der Waals surface area contributed by atoms with Crippen LogP contribution in [0.2, 0.25) is 0 Å². The Hall–Kier alpha value is -10.7. The first-order valence-electron chi connectivity index (χ1n) is 33.5. The second kappa shape index (κ2) is 19.7. The summed E-state index contributed by atoms with van der Waals surface area (Å²) < 4.78 is 0. The van der Waals surface area contributed by atoms with Crippen LogP contribution in [0.25, 0.3) is 124 Å². The molecule has 0 unspecified atom stereocenters. The summed E-state index contributed by atoms with van der Waals surface area (Å²) in [5.74, 6) is 0. The average molecular weight is 1250 g/mol. The van der Waals surface area contributed by atoms with Gasteiger partial charge in [-0.3, -0.25) is 59.8 Å². The number of rotatable bonds is 8. The molecular weight excluding hydrogens is 1180 g/mol. The molecule has 1 aromatic carbocycles. The second-order valence-corrected chi connectivity index (χ2v) is 29.9. The molecule has 0 spiro atoms. The Morgan fingerprint density at radius 2 is 0.490 bits per heavy atom. The van der Waals surface area contributed by atoms with E-state index in [2.05, 4.69) is 194 Å². The summed E-state index contributed by atoms with van der Waals surface area (Å²) in [7, 11) is 0. The van der Waals surface area contributed by atoms with E-state index in [0.29, 0.717) is 6.42 Å². The molecule has 12 heteroatoms. The summed E-state index contributed by atoms with van der Waals surface area (Å²) >= 11 is 0. The van der Waals surface area contributed by atoms with Crippen molar-refractivity contribution in [2.24, 2.45) is 4.99 Å². The van der Waals surface area contributed by atoms with Crippen LogP contribution in [0.5, 0.6) is 0 Å². The van der Waals surface area contributed by atoms with Gasteiger partial charge in [0.1, 0.15) is 0 Å². The number of fused-ring (bicyclic) bond motifs is 16. The molecule has 0 amide bonds. The standard InChI is InChI=1S/C84H70N12/c1-14-27-85-78-66(84(12,13)54-26-20-33-91-72(54)78)65-63(47-37-58-76(95-42-47)70-52(82(58,8)9)24-18-31-89-70)61(45-35-56-74(93-40-45)68-50(80(56,4)5)22-16-29-87-68)60(44-34-55-73(92-39-44)67-49(79(55,2)3)21-15-28-86-67)62(46-36-57-75(94-41-46)69-51(81(57,6)7)23-17-30-88-69)64(65)48-38-59-77(96-43-48)71-53(83(59,10)11)25-19-32-90-71/h15-43H,14H2,1-13H3. The third-order valence-electron chi connectivity index (χ3n) is 22.5. The largest absolute Gasteiger partial charge is 0.259 e. The van der Waals surface area contributed by atoms with Crippen LogP contribution < -0.4 is 0 Å². The predicted octanol–water partition coefficient (Wildman–Crippen LogP) is 18.5. The average Bonchev–Trinajstić information content (AvgIpc) is 1.29. The third-order valence-corrected chi connectivity index (χ3v) is 22.5. The van der Waals surface area contributed by atoms with Crippen LogP contribution in [-0.4, -0.2) is 61.0 Å². The van der Waals surface area contributed by atoms with Crippen LogP contribution in [-0.2, 0) is 32.5 Å². The minimum Gasteiger partial charge on any atom is -0.259 e. The lowest BCUT2D eigenvalue weighted by atomic mass is 9.69. The van der Waals surface area contributed by atoms with Gasteiger partial charge in [-0.15, -0.1) is 0 Å². The van der Waals surface area contributed by atoms with Crippen LogP contribution in [0.3, 0.4) is 0 Å². The van der Waals surface area contributed by atoms with E-state index in [0.717, 1.165) is 196 Å². The fourth-order valence-electron chi connectivity index (χ4n) is 17.4. The lowest BCUT2D eigenvalue weighted by molar-refractivity contribution is 0.657. The molecule has 11 aromatic heterocycles. The van der Waals surface area contributed by atoms with E-state index in [4.69, 9.17) is 59.8 Å². The van der Waals surface area contributed by atoms with Crippen molar-refractivity contribution < 1.29 is 0 Å². The van der Waals surface area contributed by atoms with Crippen molar-refractivity contribution in [3.05, 3.63) is 244 Å². The molecule has 18 rings (SSSR count). The maximum absolute atomic E-state index is 5.67. The number of hydrogen-bond donors (Lipinski definition) is 0. The van der Waals surface area contributed by atoms with Gasteiger partial charge in [-0.05, 0) is 145 Å². The Kier molecular flexibility index (Phi) is 11.9. The lowest BCUT2D eigenvalue weighted by Gasteiger charge is -2.34. The van der Waals surface area contributed by atoms with Crippen molar-refractivity contribution in [2.45, 2.75) is 129 Å². The normalized spacial score (nSPS) is 17.1. The van der Waals surface area contributed by atoms with Gasteiger partial charge in [-0.25, -0.2) is 0 Å². The van der Waals surface area contributed by atoms with E-state index < -0.39 is 32.5 Å². The minimum absolute atomic E-state index is 0.482. The predicted molar refractivity (Wildman–Crippen MR) is 382 cm³/mol. The van der Waals surface area contributed by atoms with E-state index in [1.54, 1.807) is 0 Å². The van der Waals surface area contributed by atoms with Crippen molar-refractivity contribution in [3.8, 4) is 113 Å². The fraction of sp³-hybridized carbons (Fsp3) is 0.238. The molecule has 6 aliphatic carbocycles. The Balaban J connectivity index is 1.11. The molecular formula is C84H70N12. The van der Waals surface area contributed by atoms with Gasteiger partial charge in [-0.1, -0.05) is 126 Å². The number of hydrogen-bond acceptors (Lipinski definition) is 12. The van der Waals surface area contributed by atoms with Gasteiger partial charge in [0, 0.05) is 163 Å². The summed E-state index contributed by atoms with van der Waals surface area (Å²) in [6.07, 6.45) is 24.5. The van der Waals surface area contributed by atoms with Gasteiger partial charge in [0.15, 0.2) is 0 Å². The molecule has 12 aromatic rings. The number of aliphatic imine (C=N–C) groups is 1. The van der Waals surface area contributed by atoms with Crippen molar-refractivity contribution in [3.63, 3.8) is 0 Å². The van der Waals surface area contributed by atoms with E-state index in [9.17, 15) is 0 Å². The molecule has 0 aliphatic heterocycles. The van der Waals surface area contributed by atoms with Crippen LogP contribution in [0, 0.1) is 0 Å². The van der Waals surface area contributed by atoms with Crippen molar-refractivity contribution in [1.29, 1.82) is 0 Å². The summed E-state index contributed by atoms with van der Waals surface area (Å²) in [5.41, 5.74) is 30.7. The number of aromatic nitrogens is 11. The van der Waals surface area contributed by atoms with Crippen LogP contribution in [0.1, 0.15) is 169 Å². The third kappa shape index (κ3) is 7.60. The minimum atomic E-state index is -0.731. The maximum atomic E-state index is 5.67. The highest BCUT2D eigenvalue weighted by molar-refractivity contribution is 6.18. The molecule has 466 valence electrons. The maximum Gasteiger partial charge on any atom is 0.0932 e. The van der Waals surface area contributed by atoms with Gasteiger partial charge < -0.3 is 0 Å². The van der Waals surface area contributed by atoms with Crippen molar-refractivity contribution >= 4 is 17.5 Å². The summed E-state index contributed by atoms with van der Waals surface area (Å²) in [5, 5.41) is 0. The summed E-state index contributed by atoms with van der Waals surface area (Å²) in [4.78, 5) is 64.6. The first-order valence-corrected chi connectivity index (χ1v) is 33.5. The van der Waals surface area contributed by atoms with Gasteiger partial charge in [0.25, 0.3) is 0 Å². The molecule has 0 bridgehead atoms. The first kappa shape index (κ1) is 57.9. The molecule has 11 heterocycles. The fourth-order valence-corrected chi connectivity index (χ4v) is 17.4. The second-order valence-electron chi connectivity index (χ2n) is 29.9. The zero-order valence-corrected chi connectivity index (χ0v) is 56.3. The molecule has 0 saturated heterocycles. The molecule has 12 nitrogen and oxygen atoms in total. The number of allylic oxidation sites excluding steroid dienone is 1. The molecule has 0 N–H and O–H groups in total. The van der Waals surface area contributed by atoms with Gasteiger partial charge in [0.2, 0.25) is 0 Å². The van der Waals surface area contributed by atoms with Gasteiger partial charge >= 0.3 is 0 Å². The molecule has 96 heavy (non-hydrogen) atoms. The van der Waals surface area contributed by atoms with Crippen LogP contribution in [0.4, 0.5) is 0 Å². The quantitative estimate of drug-likeness (QED) is 0.134. The smallest absolute Gasteiger partial charge is 0.0932 e. The molecule has 0 radical (unpaired) electrons. The van der Waals surface area contributed by atoms with Crippen molar-refractivity contribution in [1.82, 2.24) is 54.8 Å². The zero-order chi connectivity index (χ0) is 65.9. The van der Waals surface area contributed by atoms with E-state index in [1.165, 1.54) is 0 Å². The van der Waals surface area contributed by atoms with Gasteiger partial charge in [-0.2, -0.15) is 0 Å². The Morgan fingerprint density at radius 1 is 0.271 bits per heavy atom. The molecule has 0 fully saturated rings. The first-order chi connectivity index (χ1) is 46.1. The lowest BCUT2D eigenvalue weighted by Crippen LogP contribution is -2.20. The zero-order valence-electron chi connectivity index (χ0n) is 56.3. The Labute approximate surface area is 559 Å². The van der Waals surface area contributed by atoms with E-state index in [1.807, 2.05) is 73.7 Å². The van der Waals surface area contributed by atoms with Crippen molar-refractivity contribution in [2.75, 3.05) is 0 Å². The van der Waals surface area contributed by atoms with Crippen LogP contribution >= 0.6 is 0 Å².